The standard InChI is InChI=1S/C12H10Br2N4OS/c1-18-11(8(5-16-18)10(15)20)17-12(19)7-4-6(13)2-3-9(7)14/h2-5H,1H3,(H2,15,20)(H,17,19). The molecular formula is C12H10Br2N4OS. The van der Waals surface area contributed by atoms with Crippen molar-refractivity contribution in [1.82, 2.24) is 9.78 Å². The molecule has 1 aromatic carbocycles. The van der Waals surface area contributed by atoms with Crippen molar-refractivity contribution >= 4 is 60.8 Å². The smallest absolute Gasteiger partial charge is 0.258 e. The number of carbonyl (C=O) groups excluding carboxylic acids is 1. The highest BCUT2D eigenvalue weighted by Crippen LogP contribution is 2.23. The first kappa shape index (κ1) is 15.1. The van der Waals surface area contributed by atoms with Gasteiger partial charge in [-0.05, 0) is 34.1 Å². The van der Waals surface area contributed by atoms with Gasteiger partial charge in [-0.2, -0.15) is 5.10 Å². The Morgan fingerprint density at radius 3 is 2.75 bits per heavy atom. The summed E-state index contributed by atoms with van der Waals surface area (Å²) in [6, 6.07) is 5.35. The van der Waals surface area contributed by atoms with Gasteiger partial charge in [-0.3, -0.25) is 9.48 Å². The van der Waals surface area contributed by atoms with Crippen LogP contribution in [-0.2, 0) is 7.05 Å². The van der Waals surface area contributed by atoms with Gasteiger partial charge in [0.05, 0.1) is 17.3 Å². The zero-order chi connectivity index (χ0) is 14.9. The van der Waals surface area contributed by atoms with Gasteiger partial charge < -0.3 is 11.1 Å². The molecule has 0 aliphatic heterocycles. The minimum atomic E-state index is -0.278. The van der Waals surface area contributed by atoms with Gasteiger partial charge >= 0.3 is 0 Å². The van der Waals surface area contributed by atoms with E-state index in [2.05, 4.69) is 42.3 Å². The lowest BCUT2D eigenvalue weighted by Gasteiger charge is -2.09. The number of nitrogens with two attached hydrogens (primary N) is 1. The third-order valence-corrected chi connectivity index (χ3v) is 4.01. The summed E-state index contributed by atoms with van der Waals surface area (Å²) in [4.78, 5) is 12.5. The second-order valence-electron chi connectivity index (χ2n) is 3.97. The fraction of sp³-hybridized carbons (Fsp3) is 0.0833. The highest BCUT2D eigenvalue weighted by atomic mass is 79.9. The molecular weight excluding hydrogens is 408 g/mol. The highest BCUT2D eigenvalue weighted by molar-refractivity contribution is 9.11. The Bertz CT molecular complexity index is 699. The van der Waals surface area contributed by atoms with Crippen molar-refractivity contribution in [3.8, 4) is 0 Å². The lowest BCUT2D eigenvalue weighted by molar-refractivity contribution is 0.102. The van der Waals surface area contributed by atoms with Crippen molar-refractivity contribution in [2.75, 3.05) is 5.32 Å². The Balaban J connectivity index is 2.35. The number of nitrogens with one attached hydrogen (secondary N) is 1. The maximum atomic E-state index is 12.3. The summed E-state index contributed by atoms with van der Waals surface area (Å²) < 4.78 is 3.01. The minimum Gasteiger partial charge on any atom is -0.389 e. The molecule has 0 spiro atoms. The van der Waals surface area contributed by atoms with Gasteiger partial charge in [0, 0.05) is 16.0 Å². The monoisotopic (exact) mass is 416 g/mol. The van der Waals surface area contributed by atoms with Crippen molar-refractivity contribution < 1.29 is 4.79 Å². The first-order valence-corrected chi connectivity index (χ1v) is 7.47. The van der Waals surface area contributed by atoms with Crippen LogP contribution < -0.4 is 11.1 Å². The zero-order valence-corrected chi connectivity index (χ0v) is 14.3. The molecule has 8 heteroatoms. The van der Waals surface area contributed by atoms with Crippen LogP contribution in [0.15, 0.2) is 33.3 Å². The zero-order valence-electron chi connectivity index (χ0n) is 10.4. The van der Waals surface area contributed by atoms with E-state index in [0.717, 1.165) is 4.47 Å². The van der Waals surface area contributed by atoms with E-state index in [-0.39, 0.29) is 10.9 Å². The number of benzene rings is 1. The largest absolute Gasteiger partial charge is 0.389 e. The van der Waals surface area contributed by atoms with E-state index >= 15 is 0 Å². The van der Waals surface area contributed by atoms with Crippen LogP contribution in [0.3, 0.4) is 0 Å². The Morgan fingerprint density at radius 2 is 2.10 bits per heavy atom. The summed E-state index contributed by atoms with van der Waals surface area (Å²) in [6.45, 7) is 0. The molecule has 0 aliphatic carbocycles. The number of amides is 1. The van der Waals surface area contributed by atoms with Crippen LogP contribution in [-0.4, -0.2) is 20.7 Å². The van der Waals surface area contributed by atoms with Crippen molar-refractivity contribution in [1.29, 1.82) is 0 Å². The van der Waals surface area contributed by atoms with Gasteiger partial charge in [-0.1, -0.05) is 28.1 Å². The first-order valence-electron chi connectivity index (χ1n) is 5.48. The van der Waals surface area contributed by atoms with E-state index in [4.69, 9.17) is 18.0 Å². The summed E-state index contributed by atoms with van der Waals surface area (Å²) >= 11 is 11.6. The van der Waals surface area contributed by atoms with E-state index in [1.165, 1.54) is 10.9 Å². The van der Waals surface area contributed by atoms with E-state index < -0.39 is 0 Å². The maximum Gasteiger partial charge on any atom is 0.258 e. The summed E-state index contributed by atoms with van der Waals surface area (Å²) in [6.07, 6.45) is 1.52. The number of halogens is 2. The van der Waals surface area contributed by atoms with E-state index in [1.54, 1.807) is 19.2 Å². The first-order chi connectivity index (χ1) is 9.40. The van der Waals surface area contributed by atoms with Crippen molar-refractivity contribution in [2.45, 2.75) is 0 Å². The van der Waals surface area contributed by atoms with Crippen LogP contribution in [0, 0.1) is 0 Å². The Kier molecular flexibility index (Phi) is 4.56. The quantitative estimate of drug-likeness (QED) is 0.753. The second kappa shape index (κ2) is 6.02. The molecule has 2 aromatic rings. The van der Waals surface area contributed by atoms with Crippen LogP contribution in [0.4, 0.5) is 5.82 Å². The van der Waals surface area contributed by atoms with Gasteiger partial charge in [0.15, 0.2) is 0 Å². The highest BCUT2D eigenvalue weighted by Gasteiger charge is 2.16. The van der Waals surface area contributed by atoms with Crippen LogP contribution in [0.1, 0.15) is 15.9 Å². The molecule has 0 bridgehead atoms. The molecule has 1 aromatic heterocycles. The number of carbonyl (C=O) groups is 1. The third kappa shape index (κ3) is 3.08. The topological polar surface area (TPSA) is 72.9 Å². The summed E-state index contributed by atoms with van der Waals surface area (Å²) in [5.74, 6) is 0.189. The van der Waals surface area contributed by atoms with Gasteiger partial charge in [-0.15, -0.1) is 0 Å². The Hall–Kier alpha value is -1.25. The molecule has 3 N–H and O–H groups in total. The summed E-state index contributed by atoms with van der Waals surface area (Å²) in [7, 11) is 1.70. The molecule has 1 heterocycles. The van der Waals surface area contributed by atoms with E-state index in [1.807, 2.05) is 6.07 Å². The number of rotatable bonds is 3. The fourth-order valence-electron chi connectivity index (χ4n) is 1.61. The van der Waals surface area contributed by atoms with Crippen molar-refractivity contribution in [3.63, 3.8) is 0 Å². The number of nitrogens with zero attached hydrogens (tertiary/aromatic N) is 2. The molecule has 104 valence electrons. The van der Waals surface area contributed by atoms with Crippen LogP contribution in [0.5, 0.6) is 0 Å². The predicted molar refractivity (Wildman–Crippen MR) is 88.9 cm³/mol. The number of anilines is 1. The summed E-state index contributed by atoms with van der Waals surface area (Å²) in [5.41, 5.74) is 6.63. The van der Waals surface area contributed by atoms with Crippen molar-refractivity contribution in [2.24, 2.45) is 12.8 Å². The normalized spacial score (nSPS) is 10.3. The minimum absolute atomic E-state index is 0.182. The number of aryl methyl sites for hydroxylation is 1. The molecule has 0 fully saturated rings. The van der Waals surface area contributed by atoms with Gasteiger partial charge in [-0.25, -0.2) is 0 Å². The molecule has 1 amide bonds. The van der Waals surface area contributed by atoms with Gasteiger partial charge in [0.1, 0.15) is 10.8 Å². The number of aromatic nitrogens is 2. The fourth-order valence-corrected chi connectivity index (χ4v) is 2.55. The molecule has 0 atom stereocenters. The van der Waals surface area contributed by atoms with Gasteiger partial charge in [0.25, 0.3) is 5.91 Å². The molecule has 0 radical (unpaired) electrons. The molecule has 0 saturated heterocycles. The molecule has 2 rings (SSSR count). The molecule has 0 aliphatic rings. The number of hydrogen-bond donors (Lipinski definition) is 2. The number of thiocarbonyl (C=S) groups is 1. The number of hydrogen-bond acceptors (Lipinski definition) is 3. The van der Waals surface area contributed by atoms with E-state index in [0.29, 0.717) is 21.4 Å². The van der Waals surface area contributed by atoms with E-state index in [9.17, 15) is 4.79 Å². The lowest BCUT2D eigenvalue weighted by Crippen LogP contribution is -2.19. The lowest BCUT2D eigenvalue weighted by atomic mass is 10.2. The second-order valence-corrected chi connectivity index (χ2v) is 6.18. The van der Waals surface area contributed by atoms with Gasteiger partial charge in [0.2, 0.25) is 0 Å². The Morgan fingerprint density at radius 1 is 1.40 bits per heavy atom. The SMILES string of the molecule is Cn1ncc(C(N)=S)c1NC(=O)c1cc(Br)ccc1Br. The van der Waals surface area contributed by atoms with Crippen LogP contribution in [0.25, 0.3) is 0 Å². The average Bonchev–Trinajstić information content (AvgIpc) is 2.74. The summed E-state index contributed by atoms with van der Waals surface area (Å²) in [5, 5.41) is 6.81. The molecule has 0 unspecified atom stereocenters. The van der Waals surface area contributed by atoms with Crippen molar-refractivity contribution in [3.05, 3.63) is 44.5 Å². The van der Waals surface area contributed by atoms with Crippen LogP contribution >= 0.6 is 44.1 Å². The predicted octanol–water partition coefficient (Wildman–Crippen LogP) is 2.83. The maximum absolute atomic E-state index is 12.3. The third-order valence-electron chi connectivity index (χ3n) is 2.61. The molecule has 20 heavy (non-hydrogen) atoms. The average molecular weight is 418 g/mol. The molecule has 5 nitrogen and oxygen atoms in total. The van der Waals surface area contributed by atoms with Crippen LogP contribution in [0.2, 0.25) is 0 Å². The Labute approximate surface area is 137 Å². The molecule has 0 saturated carbocycles.